The smallest absolute Gasteiger partial charge is 0.252 e. The Labute approximate surface area is 469 Å². The number of benzene rings is 10. The molecule has 1 aromatic heterocycles. The summed E-state index contributed by atoms with van der Waals surface area (Å²) >= 11 is 0. The maximum absolute atomic E-state index is 6.84. The van der Waals surface area contributed by atoms with Crippen LogP contribution >= 0.6 is 0 Å². The summed E-state index contributed by atoms with van der Waals surface area (Å²) in [7, 11) is 0. The first-order valence-electron chi connectivity index (χ1n) is 28.0. The van der Waals surface area contributed by atoms with E-state index in [4.69, 9.17) is 13.9 Å². The number of nitrogens with zero attached hydrogens (tertiary/aromatic N) is 3. The number of anilines is 9. The van der Waals surface area contributed by atoms with Crippen molar-refractivity contribution in [3.8, 4) is 45.1 Å². The van der Waals surface area contributed by atoms with Crippen molar-refractivity contribution in [3.05, 3.63) is 240 Å². The SMILES string of the molecule is Cc1cc2c3c(c1)N(c1c(C)cc(C(C)(C)C)cc1C)c1cc4c(cc1B3c1ccc(N(c3ccccc3)c3ccccc3)cc1N2c1cc(-c2ccc3c(c2)C(C)(C)c2ccccc2-3)cc(-c2cc3ccccc3o2)c1)OCO4. The van der Waals surface area contributed by atoms with Crippen LogP contribution in [0.4, 0.5) is 51.2 Å². The zero-order valence-corrected chi connectivity index (χ0v) is 46.5. The lowest BCUT2D eigenvalue weighted by Gasteiger charge is -2.45. The molecule has 0 spiro atoms. The molecule has 388 valence electrons. The fourth-order valence-corrected chi connectivity index (χ4v) is 13.6. The van der Waals surface area contributed by atoms with Gasteiger partial charge in [0.2, 0.25) is 6.79 Å². The highest BCUT2D eigenvalue weighted by Gasteiger charge is 2.46. The third-order valence-electron chi connectivity index (χ3n) is 17.4. The molecule has 0 radical (unpaired) electrons. The Hall–Kier alpha value is -9.20. The largest absolute Gasteiger partial charge is 0.456 e. The summed E-state index contributed by atoms with van der Waals surface area (Å²) in [5.74, 6) is 2.34. The van der Waals surface area contributed by atoms with Crippen LogP contribution in [0, 0.1) is 20.8 Å². The predicted molar refractivity (Wildman–Crippen MR) is 332 cm³/mol. The van der Waals surface area contributed by atoms with Gasteiger partial charge in [-0.1, -0.05) is 144 Å². The summed E-state index contributed by atoms with van der Waals surface area (Å²) in [4.78, 5) is 7.45. The summed E-state index contributed by atoms with van der Waals surface area (Å²) in [6, 6.07) is 76.2. The maximum atomic E-state index is 6.84. The van der Waals surface area contributed by atoms with Crippen LogP contribution in [-0.2, 0) is 10.8 Å². The van der Waals surface area contributed by atoms with Gasteiger partial charge < -0.3 is 28.6 Å². The molecule has 0 saturated heterocycles. The first kappa shape index (κ1) is 48.0. The van der Waals surface area contributed by atoms with Gasteiger partial charge in [-0.25, -0.2) is 0 Å². The van der Waals surface area contributed by atoms with Gasteiger partial charge in [-0.3, -0.25) is 0 Å². The van der Waals surface area contributed by atoms with Crippen molar-refractivity contribution < 1.29 is 13.9 Å². The molecule has 15 rings (SSSR count). The molecule has 6 nitrogen and oxygen atoms in total. The molecule has 7 heteroatoms. The van der Waals surface area contributed by atoms with Gasteiger partial charge in [-0.05, 0) is 189 Å². The van der Waals surface area contributed by atoms with Crippen molar-refractivity contribution in [2.75, 3.05) is 21.5 Å². The molecule has 10 aromatic carbocycles. The number of hydrogen-bond acceptors (Lipinski definition) is 6. The molecule has 0 saturated carbocycles. The number of ether oxygens (including phenoxy) is 2. The Balaban J connectivity index is 1.03. The van der Waals surface area contributed by atoms with Crippen LogP contribution in [0.1, 0.15) is 68.0 Å². The van der Waals surface area contributed by atoms with E-state index in [0.29, 0.717) is 0 Å². The summed E-state index contributed by atoms with van der Waals surface area (Å²) < 4.78 is 19.4. The minimum absolute atomic E-state index is 0.0239. The summed E-state index contributed by atoms with van der Waals surface area (Å²) in [6.07, 6.45) is 0. The van der Waals surface area contributed by atoms with E-state index in [1.807, 2.05) is 6.07 Å². The fourth-order valence-electron chi connectivity index (χ4n) is 13.6. The molecule has 0 bridgehead atoms. The van der Waals surface area contributed by atoms with E-state index < -0.39 is 0 Å². The first-order chi connectivity index (χ1) is 38.8. The Bertz CT molecular complexity index is 4270. The average Bonchev–Trinajstić information content (AvgIpc) is 2.86. The molecule has 0 fully saturated rings. The molecule has 11 aromatic rings. The van der Waals surface area contributed by atoms with Crippen LogP contribution in [0.25, 0.3) is 44.5 Å². The Morgan fingerprint density at radius 1 is 0.500 bits per heavy atom. The number of furan rings is 1. The van der Waals surface area contributed by atoms with Crippen molar-refractivity contribution >= 4 is 85.3 Å². The van der Waals surface area contributed by atoms with E-state index in [1.54, 1.807) is 0 Å². The van der Waals surface area contributed by atoms with Gasteiger partial charge in [-0.15, -0.1) is 0 Å². The number of rotatable bonds is 7. The highest BCUT2D eigenvalue weighted by atomic mass is 16.7. The van der Waals surface area contributed by atoms with Crippen molar-refractivity contribution in [3.63, 3.8) is 0 Å². The normalized spacial score (nSPS) is 14.2. The van der Waals surface area contributed by atoms with Crippen molar-refractivity contribution in [1.29, 1.82) is 0 Å². The van der Waals surface area contributed by atoms with E-state index in [9.17, 15) is 0 Å². The Morgan fingerprint density at radius 3 is 1.86 bits per heavy atom. The Morgan fingerprint density at radius 2 is 1.14 bits per heavy atom. The number of para-hydroxylation sites is 3. The summed E-state index contributed by atoms with van der Waals surface area (Å²) in [6.45, 7) is 18.4. The van der Waals surface area contributed by atoms with E-state index in [1.165, 1.54) is 61.0 Å². The molecular weight excluding hydrogens is 978 g/mol. The van der Waals surface area contributed by atoms with Crippen LogP contribution in [0.2, 0.25) is 0 Å². The van der Waals surface area contributed by atoms with Crippen molar-refractivity contribution in [2.24, 2.45) is 0 Å². The van der Waals surface area contributed by atoms with Gasteiger partial charge in [0.25, 0.3) is 6.71 Å². The van der Waals surface area contributed by atoms with Gasteiger partial charge in [0, 0.05) is 67.9 Å². The topological polar surface area (TPSA) is 41.3 Å². The third kappa shape index (κ3) is 7.40. The second kappa shape index (κ2) is 17.7. The van der Waals surface area contributed by atoms with Gasteiger partial charge in [0.15, 0.2) is 11.5 Å². The van der Waals surface area contributed by atoms with Crippen molar-refractivity contribution in [1.82, 2.24) is 0 Å². The molecule has 0 atom stereocenters. The first-order valence-corrected chi connectivity index (χ1v) is 28.0. The van der Waals surface area contributed by atoms with E-state index >= 15 is 0 Å². The zero-order valence-electron chi connectivity index (χ0n) is 46.5. The lowest BCUT2D eigenvalue weighted by atomic mass is 9.33. The third-order valence-corrected chi connectivity index (χ3v) is 17.4. The number of hydrogen-bond donors (Lipinski definition) is 0. The second-order valence-corrected chi connectivity index (χ2v) is 23.9. The maximum Gasteiger partial charge on any atom is 0.252 e. The molecule has 0 amide bonds. The predicted octanol–water partition coefficient (Wildman–Crippen LogP) is 17.6. The molecule has 0 unspecified atom stereocenters. The summed E-state index contributed by atoms with van der Waals surface area (Å²) in [5, 5.41) is 1.07. The van der Waals surface area contributed by atoms with E-state index in [-0.39, 0.29) is 24.3 Å². The number of fused-ring (bicyclic) bond motifs is 9. The fraction of sp³-hybridized carbons (Fsp3) is 0.151. The van der Waals surface area contributed by atoms with Gasteiger partial charge in [0.1, 0.15) is 11.3 Å². The zero-order chi connectivity index (χ0) is 54.3. The molecule has 80 heavy (non-hydrogen) atoms. The highest BCUT2D eigenvalue weighted by Crippen LogP contribution is 2.53. The summed E-state index contributed by atoms with van der Waals surface area (Å²) in [5.41, 5.74) is 27.6. The average molecular weight is 1040 g/mol. The van der Waals surface area contributed by atoms with Crippen LogP contribution in [-0.4, -0.2) is 13.5 Å². The second-order valence-electron chi connectivity index (χ2n) is 23.9. The molecule has 0 N–H and O–H groups in total. The Kier molecular flexibility index (Phi) is 10.6. The van der Waals surface area contributed by atoms with Crippen LogP contribution < -0.4 is 40.6 Å². The molecule has 4 heterocycles. The highest BCUT2D eigenvalue weighted by molar-refractivity contribution is 7.00. The number of aryl methyl sites for hydroxylation is 3. The molecule has 1 aliphatic carbocycles. The van der Waals surface area contributed by atoms with Crippen molar-refractivity contribution in [2.45, 2.75) is 66.2 Å². The molecular formula is C73H60BN3O3. The van der Waals surface area contributed by atoms with Gasteiger partial charge >= 0.3 is 0 Å². The molecule has 3 aliphatic heterocycles. The monoisotopic (exact) mass is 1040 g/mol. The van der Waals surface area contributed by atoms with Crippen LogP contribution in [0.3, 0.4) is 0 Å². The minimum Gasteiger partial charge on any atom is -0.456 e. The quantitative estimate of drug-likeness (QED) is 0.148. The van der Waals surface area contributed by atoms with Crippen LogP contribution in [0.5, 0.6) is 11.5 Å². The molecule has 4 aliphatic rings. The van der Waals surface area contributed by atoms with Crippen LogP contribution in [0.15, 0.2) is 211 Å². The lowest BCUT2D eigenvalue weighted by molar-refractivity contribution is 0.174. The lowest BCUT2D eigenvalue weighted by Crippen LogP contribution is -2.61. The standard InChI is InChI=1S/C73H60BN3O3/c1-44-31-64-70-65(32-44)77(71-45(2)33-51(34-46(71)3)72(4,5)6)63-42-69-68(78-43-79-69)41-61(63)74(70)60-30-28-54(75(52-20-11-9-12-21-52)53-22-13-10-14-23-53)40-62(60)76(64)55-36-49(35-50(37-55)67-39-48-19-15-18-26-66(48)80-67)47-27-29-57-56-24-16-17-25-58(56)73(7,8)59(57)38-47/h9-42H,43H2,1-8H3. The van der Waals surface area contributed by atoms with Gasteiger partial charge in [0.05, 0.1) is 5.69 Å². The van der Waals surface area contributed by atoms with E-state index in [0.717, 1.165) is 96.0 Å². The van der Waals surface area contributed by atoms with E-state index in [2.05, 4.69) is 270 Å². The minimum atomic E-state index is -0.175. The van der Waals surface area contributed by atoms with Gasteiger partial charge in [-0.2, -0.15) is 0 Å².